The normalized spacial score (nSPS) is 25.8. The molecule has 6 heteroatoms. The molecule has 0 aromatic carbocycles. The zero-order chi connectivity index (χ0) is 12.5. The van der Waals surface area contributed by atoms with Gasteiger partial charge >= 0.3 is 12.1 Å². The van der Waals surface area contributed by atoms with Crippen LogP contribution >= 0.6 is 0 Å². The van der Waals surface area contributed by atoms with Gasteiger partial charge in [0.1, 0.15) is 0 Å². The van der Waals surface area contributed by atoms with Crippen molar-refractivity contribution in [2.45, 2.75) is 44.9 Å². The van der Waals surface area contributed by atoms with E-state index in [1.54, 1.807) is 0 Å². The van der Waals surface area contributed by atoms with E-state index in [2.05, 4.69) is 0 Å². The number of likely N-dealkylation sites (tertiary alicyclic amines) is 1. The minimum atomic E-state index is -1.22. The SMILES string of the molecule is CC(C)(C)O[C@@H]1CCN(C(=O)O)[C@@H]1C(=O)O. The van der Waals surface area contributed by atoms with Crippen LogP contribution in [0.4, 0.5) is 4.79 Å². The van der Waals surface area contributed by atoms with Crippen LogP contribution in [-0.4, -0.2) is 51.5 Å². The maximum absolute atomic E-state index is 11.0. The fourth-order valence-corrected chi connectivity index (χ4v) is 1.85. The molecule has 0 unspecified atom stereocenters. The zero-order valence-corrected chi connectivity index (χ0v) is 9.64. The smallest absolute Gasteiger partial charge is 0.408 e. The Hall–Kier alpha value is -1.30. The molecule has 0 aliphatic carbocycles. The van der Waals surface area contributed by atoms with E-state index >= 15 is 0 Å². The molecule has 2 N–H and O–H groups in total. The third-order valence-electron chi connectivity index (χ3n) is 2.35. The van der Waals surface area contributed by atoms with Gasteiger partial charge in [0, 0.05) is 6.54 Å². The van der Waals surface area contributed by atoms with Crippen LogP contribution in [0.3, 0.4) is 0 Å². The second kappa shape index (κ2) is 4.29. The van der Waals surface area contributed by atoms with Crippen molar-refractivity contribution in [2.24, 2.45) is 0 Å². The Morgan fingerprint density at radius 2 is 1.88 bits per heavy atom. The number of ether oxygens (including phenoxy) is 1. The fourth-order valence-electron chi connectivity index (χ4n) is 1.85. The molecule has 1 fully saturated rings. The molecule has 1 heterocycles. The number of hydrogen-bond donors (Lipinski definition) is 2. The molecule has 6 nitrogen and oxygen atoms in total. The zero-order valence-electron chi connectivity index (χ0n) is 9.64. The van der Waals surface area contributed by atoms with Crippen molar-refractivity contribution < 1.29 is 24.5 Å². The van der Waals surface area contributed by atoms with Crippen molar-refractivity contribution in [1.29, 1.82) is 0 Å². The molecule has 0 bridgehead atoms. The van der Waals surface area contributed by atoms with Crippen LogP contribution in [0, 0.1) is 0 Å². The van der Waals surface area contributed by atoms with Gasteiger partial charge in [-0.15, -0.1) is 0 Å². The first-order chi connectivity index (χ1) is 7.22. The molecular weight excluding hydrogens is 214 g/mol. The standard InChI is InChI=1S/C10H17NO5/c1-10(2,3)16-6-4-5-11(9(14)15)7(6)8(12)13/h6-7H,4-5H2,1-3H3,(H,12,13)(H,14,15)/t6-,7+/m1/s1. The molecule has 1 aliphatic heterocycles. The first kappa shape index (κ1) is 12.8. The Morgan fingerprint density at radius 3 is 2.25 bits per heavy atom. The lowest BCUT2D eigenvalue weighted by Gasteiger charge is -2.28. The van der Waals surface area contributed by atoms with Crippen LogP contribution in [0.25, 0.3) is 0 Å². The fraction of sp³-hybridized carbons (Fsp3) is 0.800. The summed E-state index contributed by atoms with van der Waals surface area (Å²) in [7, 11) is 0. The van der Waals surface area contributed by atoms with Crippen molar-refractivity contribution in [3.05, 3.63) is 0 Å². The predicted molar refractivity (Wildman–Crippen MR) is 55.4 cm³/mol. The first-order valence-corrected chi connectivity index (χ1v) is 5.12. The lowest BCUT2D eigenvalue weighted by atomic mass is 10.1. The molecule has 1 saturated heterocycles. The number of aliphatic carboxylic acids is 1. The monoisotopic (exact) mass is 231 g/mol. The van der Waals surface area contributed by atoms with Gasteiger partial charge in [0.15, 0.2) is 6.04 Å². The van der Waals surface area contributed by atoms with E-state index in [4.69, 9.17) is 14.9 Å². The van der Waals surface area contributed by atoms with Gasteiger partial charge in [-0.1, -0.05) is 0 Å². The first-order valence-electron chi connectivity index (χ1n) is 5.12. The molecule has 0 saturated carbocycles. The molecule has 2 atom stereocenters. The summed E-state index contributed by atoms with van der Waals surface area (Å²) in [6, 6.07) is -1.10. The summed E-state index contributed by atoms with van der Waals surface area (Å²) in [5.41, 5.74) is -0.479. The third kappa shape index (κ3) is 2.85. The summed E-state index contributed by atoms with van der Waals surface area (Å²) < 4.78 is 5.57. The van der Waals surface area contributed by atoms with Gasteiger partial charge in [0.2, 0.25) is 0 Å². The summed E-state index contributed by atoms with van der Waals surface area (Å²) in [5, 5.41) is 17.9. The van der Waals surface area contributed by atoms with Crippen molar-refractivity contribution in [3.8, 4) is 0 Å². The number of carboxylic acids is 1. The predicted octanol–water partition coefficient (Wildman–Crippen LogP) is 1.01. The molecule has 1 aliphatic rings. The molecule has 16 heavy (non-hydrogen) atoms. The number of carboxylic acid groups (broad SMARTS) is 2. The van der Waals surface area contributed by atoms with Crippen LogP contribution in [0.15, 0.2) is 0 Å². The Bertz CT molecular complexity index is 296. The summed E-state index contributed by atoms with van der Waals surface area (Å²) in [6.07, 6.45) is -1.37. The maximum atomic E-state index is 11.0. The number of nitrogens with zero attached hydrogens (tertiary/aromatic N) is 1. The molecule has 1 rings (SSSR count). The average molecular weight is 231 g/mol. The number of carbonyl (C=O) groups is 2. The van der Waals surface area contributed by atoms with Gasteiger partial charge in [0.05, 0.1) is 11.7 Å². The van der Waals surface area contributed by atoms with Crippen LogP contribution in [0.5, 0.6) is 0 Å². The van der Waals surface area contributed by atoms with Crippen LogP contribution in [-0.2, 0) is 9.53 Å². The van der Waals surface area contributed by atoms with E-state index in [1.807, 2.05) is 20.8 Å². The minimum absolute atomic E-state index is 0.201. The van der Waals surface area contributed by atoms with Crippen molar-refractivity contribution in [1.82, 2.24) is 4.90 Å². The highest BCUT2D eigenvalue weighted by Crippen LogP contribution is 2.25. The van der Waals surface area contributed by atoms with Crippen molar-refractivity contribution in [2.75, 3.05) is 6.54 Å². The number of rotatable bonds is 2. The molecule has 0 aromatic rings. The summed E-state index contributed by atoms with van der Waals surface area (Å²) in [5.74, 6) is -1.16. The van der Waals surface area contributed by atoms with E-state index in [9.17, 15) is 9.59 Å². The maximum Gasteiger partial charge on any atom is 0.408 e. The van der Waals surface area contributed by atoms with E-state index < -0.39 is 29.8 Å². The topological polar surface area (TPSA) is 87.1 Å². The second-order valence-electron chi connectivity index (χ2n) is 4.82. The lowest BCUT2D eigenvalue weighted by Crippen LogP contribution is -2.46. The van der Waals surface area contributed by atoms with Gasteiger partial charge in [-0.05, 0) is 27.2 Å². The van der Waals surface area contributed by atoms with E-state index in [0.29, 0.717) is 6.42 Å². The van der Waals surface area contributed by atoms with E-state index in [0.717, 1.165) is 4.90 Å². The van der Waals surface area contributed by atoms with Gasteiger partial charge in [-0.2, -0.15) is 0 Å². The highest BCUT2D eigenvalue weighted by molar-refractivity contribution is 5.80. The molecular formula is C10H17NO5. The summed E-state index contributed by atoms with van der Waals surface area (Å²) in [4.78, 5) is 22.8. The van der Waals surface area contributed by atoms with Crippen LogP contribution < -0.4 is 0 Å². The summed E-state index contributed by atoms with van der Waals surface area (Å²) in [6.45, 7) is 5.65. The second-order valence-corrected chi connectivity index (χ2v) is 4.82. The Kier molecular flexibility index (Phi) is 3.42. The highest BCUT2D eigenvalue weighted by atomic mass is 16.5. The third-order valence-corrected chi connectivity index (χ3v) is 2.35. The van der Waals surface area contributed by atoms with E-state index in [1.165, 1.54) is 0 Å². The molecule has 0 spiro atoms. The average Bonchev–Trinajstić information content (AvgIpc) is 2.44. The quantitative estimate of drug-likeness (QED) is 0.740. The van der Waals surface area contributed by atoms with Gasteiger partial charge < -0.3 is 14.9 Å². The number of amides is 1. The molecule has 0 radical (unpaired) electrons. The van der Waals surface area contributed by atoms with Crippen molar-refractivity contribution >= 4 is 12.1 Å². The Morgan fingerprint density at radius 1 is 1.31 bits per heavy atom. The van der Waals surface area contributed by atoms with Gasteiger partial charge in [-0.3, -0.25) is 4.90 Å². The molecule has 1 amide bonds. The molecule has 0 aromatic heterocycles. The van der Waals surface area contributed by atoms with Crippen LogP contribution in [0.1, 0.15) is 27.2 Å². The number of hydrogen-bond acceptors (Lipinski definition) is 3. The largest absolute Gasteiger partial charge is 0.480 e. The van der Waals surface area contributed by atoms with Crippen molar-refractivity contribution in [3.63, 3.8) is 0 Å². The van der Waals surface area contributed by atoms with E-state index in [-0.39, 0.29) is 6.54 Å². The minimum Gasteiger partial charge on any atom is -0.480 e. The Balaban J connectivity index is 2.80. The Labute approximate surface area is 93.8 Å². The van der Waals surface area contributed by atoms with Gasteiger partial charge in [-0.25, -0.2) is 9.59 Å². The van der Waals surface area contributed by atoms with Gasteiger partial charge in [0.25, 0.3) is 0 Å². The summed E-state index contributed by atoms with van der Waals surface area (Å²) >= 11 is 0. The highest BCUT2D eigenvalue weighted by Gasteiger charge is 2.44. The molecule has 92 valence electrons. The lowest BCUT2D eigenvalue weighted by molar-refractivity contribution is -0.149. The van der Waals surface area contributed by atoms with Crippen LogP contribution in [0.2, 0.25) is 0 Å².